The first-order chi connectivity index (χ1) is 23.8. The maximum Gasteiger partial charge on any atom is 0.288 e. The molecule has 49 heavy (non-hydrogen) atoms. The number of rotatable bonds is 15. The van der Waals surface area contributed by atoms with Gasteiger partial charge in [-0.2, -0.15) is 0 Å². The molecule has 2 aromatic carbocycles. The quantitative estimate of drug-likeness (QED) is 0.262. The van der Waals surface area contributed by atoms with E-state index in [1.165, 1.54) is 32.4 Å². The topological polar surface area (TPSA) is 113 Å². The van der Waals surface area contributed by atoms with Crippen molar-refractivity contribution in [2.45, 2.75) is 109 Å². The highest BCUT2D eigenvalue weighted by atomic mass is 16.5. The summed E-state index contributed by atoms with van der Waals surface area (Å²) < 4.78 is 12.0. The Kier molecular flexibility index (Phi) is 13.5. The lowest BCUT2D eigenvalue weighted by atomic mass is 9.97. The highest BCUT2D eigenvalue weighted by Crippen LogP contribution is 2.31. The summed E-state index contributed by atoms with van der Waals surface area (Å²) in [6.07, 6.45) is 7.38. The maximum atomic E-state index is 14.4. The summed E-state index contributed by atoms with van der Waals surface area (Å²) in [6.45, 7) is 11.4. The SMILES string of the molecule is COc1cc(CCC(=O)[C@@H]2CN(C3=N[C@@H](C)[C@H](c4ccccc4)O3)CCN2C(=O)[C@@H](CCCCN2CCCCC2)NC(C)C)ccc1CN. The van der Waals surface area contributed by atoms with Gasteiger partial charge in [-0.05, 0) is 75.9 Å². The molecular formula is C39H58N6O4. The molecular weight excluding hydrogens is 616 g/mol. The van der Waals surface area contributed by atoms with Crippen LogP contribution in [0.15, 0.2) is 53.5 Å². The van der Waals surface area contributed by atoms with Crippen molar-refractivity contribution in [1.82, 2.24) is 20.0 Å². The molecule has 3 heterocycles. The molecule has 10 heteroatoms. The van der Waals surface area contributed by atoms with Crippen molar-refractivity contribution in [2.75, 3.05) is 46.4 Å². The molecule has 0 radical (unpaired) electrons. The Bertz CT molecular complexity index is 1400. The number of hydrogen-bond donors (Lipinski definition) is 2. The van der Waals surface area contributed by atoms with Gasteiger partial charge in [-0.25, -0.2) is 4.99 Å². The van der Waals surface area contributed by atoms with Crippen LogP contribution >= 0.6 is 0 Å². The number of unbranched alkanes of at least 4 members (excludes halogenated alkanes) is 1. The Morgan fingerprint density at radius 2 is 1.82 bits per heavy atom. The van der Waals surface area contributed by atoms with Crippen molar-refractivity contribution in [3.05, 3.63) is 65.2 Å². The van der Waals surface area contributed by atoms with Gasteiger partial charge in [0.15, 0.2) is 5.78 Å². The number of piperidine rings is 1. The molecule has 3 aliphatic heterocycles. The van der Waals surface area contributed by atoms with E-state index in [1.807, 2.05) is 41.3 Å². The van der Waals surface area contributed by atoms with Gasteiger partial charge in [0.1, 0.15) is 17.9 Å². The number of nitrogens with two attached hydrogens (primary N) is 1. The number of aryl methyl sites for hydroxylation is 1. The molecule has 2 fully saturated rings. The summed E-state index contributed by atoms with van der Waals surface area (Å²) in [4.78, 5) is 39.9. The predicted molar refractivity (Wildman–Crippen MR) is 195 cm³/mol. The number of aliphatic imine (C=N–C) groups is 1. The molecule has 3 aliphatic rings. The molecule has 0 aliphatic carbocycles. The molecule has 0 aromatic heterocycles. The fourth-order valence-electron chi connectivity index (χ4n) is 7.42. The molecule has 0 unspecified atom stereocenters. The van der Waals surface area contributed by atoms with Gasteiger partial charge in [0.25, 0.3) is 6.02 Å². The van der Waals surface area contributed by atoms with Crippen molar-refractivity contribution in [3.8, 4) is 5.75 Å². The first-order valence-corrected chi connectivity index (χ1v) is 18.5. The molecule has 5 rings (SSSR count). The second-order valence-corrected chi connectivity index (χ2v) is 14.2. The van der Waals surface area contributed by atoms with Crippen LogP contribution in [0.25, 0.3) is 0 Å². The summed E-state index contributed by atoms with van der Waals surface area (Å²) >= 11 is 0. The molecule has 0 spiro atoms. The Hall–Kier alpha value is -3.47. The van der Waals surface area contributed by atoms with E-state index in [-0.39, 0.29) is 35.9 Å². The van der Waals surface area contributed by atoms with Crippen molar-refractivity contribution >= 4 is 17.7 Å². The van der Waals surface area contributed by atoms with Gasteiger partial charge in [-0.3, -0.25) is 9.59 Å². The number of nitrogens with zero attached hydrogens (tertiary/aromatic N) is 4. The molecule has 0 saturated carbocycles. The number of carbonyl (C=O) groups excluding carboxylic acids is 2. The zero-order chi connectivity index (χ0) is 34.8. The number of ether oxygens (including phenoxy) is 2. The second-order valence-electron chi connectivity index (χ2n) is 14.2. The number of hydrogen-bond acceptors (Lipinski definition) is 9. The summed E-state index contributed by atoms with van der Waals surface area (Å²) in [5.41, 5.74) is 8.89. The number of benzene rings is 2. The average molecular weight is 675 g/mol. The summed E-state index contributed by atoms with van der Waals surface area (Å²) in [5.74, 6) is 0.789. The maximum absolute atomic E-state index is 14.4. The van der Waals surface area contributed by atoms with Crippen molar-refractivity contribution in [1.29, 1.82) is 0 Å². The zero-order valence-electron chi connectivity index (χ0n) is 30.1. The lowest BCUT2D eigenvalue weighted by Crippen LogP contribution is -2.62. The lowest BCUT2D eigenvalue weighted by Gasteiger charge is -2.42. The largest absolute Gasteiger partial charge is 0.496 e. The minimum Gasteiger partial charge on any atom is -0.496 e. The van der Waals surface area contributed by atoms with Gasteiger partial charge >= 0.3 is 0 Å². The third kappa shape index (κ3) is 9.83. The van der Waals surface area contributed by atoms with Crippen molar-refractivity contribution < 1.29 is 19.1 Å². The first-order valence-electron chi connectivity index (χ1n) is 18.5. The molecule has 4 atom stereocenters. The molecule has 1 amide bonds. The Morgan fingerprint density at radius 3 is 2.53 bits per heavy atom. The van der Waals surface area contributed by atoms with Gasteiger partial charge in [0, 0.05) is 44.2 Å². The Morgan fingerprint density at radius 1 is 1.04 bits per heavy atom. The molecule has 10 nitrogen and oxygen atoms in total. The highest BCUT2D eigenvalue weighted by molar-refractivity contribution is 5.92. The number of piperazine rings is 1. The van der Waals surface area contributed by atoms with Crippen LogP contribution in [0, 0.1) is 0 Å². The van der Waals surface area contributed by atoms with Crippen molar-refractivity contribution in [2.24, 2.45) is 10.7 Å². The standard InChI is InChI=1S/C39H58N6O4/c1-28(2)41-33(15-9-12-22-43-20-10-6-11-21-43)38(47)45-24-23-44(39-42-29(3)37(49-39)31-13-7-5-8-14-31)27-34(45)35(46)19-17-30-16-18-32(26-40)36(25-30)48-4/h5,7-8,13-14,16,18,25,28-29,33-34,37,41H,6,9-12,15,17,19-24,26-27,40H2,1-4H3/t29-,33+,34-,37+/m0/s1. The number of ketones is 1. The van der Waals surface area contributed by atoms with E-state index in [1.54, 1.807) is 7.11 Å². The fourth-order valence-corrected chi connectivity index (χ4v) is 7.42. The minimum absolute atomic E-state index is 0.0171. The number of likely N-dealkylation sites (tertiary alicyclic amines) is 1. The predicted octanol–water partition coefficient (Wildman–Crippen LogP) is 4.71. The Labute approximate surface area is 293 Å². The normalized spacial score (nSPS) is 22.2. The summed E-state index contributed by atoms with van der Waals surface area (Å²) in [7, 11) is 1.63. The number of amidine groups is 1. The third-order valence-electron chi connectivity index (χ3n) is 10.1. The fraction of sp³-hybridized carbons (Fsp3) is 0.615. The smallest absolute Gasteiger partial charge is 0.288 e. The number of amides is 1. The van der Waals surface area contributed by atoms with Crippen LogP contribution in [0.4, 0.5) is 0 Å². The molecule has 268 valence electrons. The monoisotopic (exact) mass is 674 g/mol. The van der Waals surface area contributed by atoms with E-state index in [0.29, 0.717) is 45.0 Å². The van der Waals surface area contributed by atoms with Gasteiger partial charge < -0.3 is 35.2 Å². The van der Waals surface area contributed by atoms with Crippen LogP contribution in [0.2, 0.25) is 0 Å². The van der Waals surface area contributed by atoms with E-state index < -0.39 is 6.04 Å². The van der Waals surface area contributed by atoms with E-state index in [9.17, 15) is 9.59 Å². The van der Waals surface area contributed by atoms with Gasteiger partial charge in [0.2, 0.25) is 5.91 Å². The average Bonchev–Trinajstić information content (AvgIpc) is 3.53. The molecule has 0 bridgehead atoms. The van der Waals surface area contributed by atoms with Crippen LogP contribution < -0.4 is 15.8 Å². The van der Waals surface area contributed by atoms with E-state index in [0.717, 1.165) is 48.2 Å². The van der Waals surface area contributed by atoms with Gasteiger partial charge in [0.05, 0.1) is 19.2 Å². The third-order valence-corrected chi connectivity index (χ3v) is 10.1. The molecule has 2 saturated heterocycles. The first kappa shape index (κ1) is 36.8. The zero-order valence-corrected chi connectivity index (χ0v) is 30.1. The van der Waals surface area contributed by atoms with Crippen LogP contribution in [-0.2, 0) is 27.3 Å². The lowest BCUT2D eigenvalue weighted by molar-refractivity contribution is -0.144. The number of nitrogens with one attached hydrogen (secondary N) is 1. The van der Waals surface area contributed by atoms with Crippen LogP contribution in [-0.4, -0.2) is 103 Å². The van der Waals surface area contributed by atoms with Crippen LogP contribution in [0.3, 0.4) is 0 Å². The highest BCUT2D eigenvalue weighted by Gasteiger charge is 2.41. The van der Waals surface area contributed by atoms with Crippen molar-refractivity contribution in [3.63, 3.8) is 0 Å². The van der Waals surface area contributed by atoms with E-state index in [2.05, 4.69) is 48.0 Å². The van der Waals surface area contributed by atoms with E-state index in [4.69, 9.17) is 20.2 Å². The number of methoxy groups -OCH3 is 1. The summed E-state index contributed by atoms with van der Waals surface area (Å²) in [6, 6.07) is 15.8. The van der Waals surface area contributed by atoms with Gasteiger partial charge in [-0.15, -0.1) is 0 Å². The number of carbonyl (C=O) groups is 2. The minimum atomic E-state index is -0.603. The van der Waals surface area contributed by atoms with E-state index >= 15 is 0 Å². The molecule has 2 aromatic rings. The van der Waals surface area contributed by atoms with Gasteiger partial charge in [-0.1, -0.05) is 69.2 Å². The summed E-state index contributed by atoms with van der Waals surface area (Å²) in [5, 5.41) is 3.55. The molecule has 3 N–H and O–H groups in total. The van der Waals surface area contributed by atoms with Crippen LogP contribution in [0.1, 0.15) is 88.5 Å². The second kappa shape index (κ2) is 18.0. The number of Topliss-reactive ketones (excluding diaryl/α,β-unsaturated/α-hetero) is 1. The Balaban J connectivity index is 1.29. The van der Waals surface area contributed by atoms with Crippen LogP contribution in [0.5, 0.6) is 5.75 Å².